The summed E-state index contributed by atoms with van der Waals surface area (Å²) in [4.78, 5) is 0. The SMILES string of the molecule is Cn1cc(N)c(Oc2cccc(Cl)c2Cl)n1. The molecule has 6 heteroatoms. The van der Waals surface area contributed by atoms with Crippen LogP contribution in [0, 0.1) is 0 Å². The Hall–Kier alpha value is -1.39. The van der Waals surface area contributed by atoms with E-state index in [4.69, 9.17) is 33.7 Å². The lowest BCUT2D eigenvalue weighted by Crippen LogP contribution is -1.91. The topological polar surface area (TPSA) is 53.1 Å². The van der Waals surface area contributed by atoms with Crippen LogP contribution in [0.2, 0.25) is 10.0 Å². The number of nitrogens with two attached hydrogens (primary N) is 1. The fourth-order valence-electron chi connectivity index (χ4n) is 1.23. The van der Waals surface area contributed by atoms with E-state index in [0.717, 1.165) is 0 Å². The number of halogens is 2. The molecule has 84 valence electrons. The van der Waals surface area contributed by atoms with E-state index in [1.54, 1.807) is 36.1 Å². The predicted octanol–water partition coefficient (Wildman–Crippen LogP) is 3.10. The molecule has 1 heterocycles. The van der Waals surface area contributed by atoms with Gasteiger partial charge in [-0.25, -0.2) is 0 Å². The van der Waals surface area contributed by atoms with E-state index >= 15 is 0 Å². The summed E-state index contributed by atoms with van der Waals surface area (Å²) >= 11 is 11.8. The lowest BCUT2D eigenvalue weighted by Gasteiger charge is -2.05. The van der Waals surface area contributed by atoms with Crippen molar-refractivity contribution in [3.05, 3.63) is 34.4 Å². The van der Waals surface area contributed by atoms with Gasteiger partial charge in [-0.05, 0) is 12.1 Å². The van der Waals surface area contributed by atoms with Crippen LogP contribution >= 0.6 is 23.2 Å². The number of hydrogen-bond donors (Lipinski definition) is 1. The van der Waals surface area contributed by atoms with Gasteiger partial charge in [0.1, 0.15) is 16.5 Å². The number of aryl methyl sites for hydroxylation is 1. The minimum atomic E-state index is 0.312. The van der Waals surface area contributed by atoms with Crippen LogP contribution < -0.4 is 10.5 Å². The number of aromatic nitrogens is 2. The van der Waals surface area contributed by atoms with Crippen LogP contribution in [0.25, 0.3) is 0 Å². The second kappa shape index (κ2) is 4.23. The van der Waals surface area contributed by atoms with Gasteiger partial charge in [0, 0.05) is 7.05 Å². The van der Waals surface area contributed by atoms with Crippen LogP contribution in [0.1, 0.15) is 0 Å². The molecule has 0 amide bonds. The normalized spacial score (nSPS) is 10.4. The highest BCUT2D eigenvalue weighted by Crippen LogP contribution is 2.35. The Bertz CT molecular complexity index is 525. The minimum Gasteiger partial charge on any atom is -0.434 e. The fourth-order valence-corrected chi connectivity index (χ4v) is 1.56. The molecule has 0 radical (unpaired) electrons. The first-order valence-electron chi connectivity index (χ1n) is 4.49. The zero-order valence-corrected chi connectivity index (χ0v) is 9.96. The van der Waals surface area contributed by atoms with E-state index in [2.05, 4.69) is 5.10 Å². The van der Waals surface area contributed by atoms with Gasteiger partial charge in [0.25, 0.3) is 5.88 Å². The zero-order chi connectivity index (χ0) is 11.7. The summed E-state index contributed by atoms with van der Waals surface area (Å²) in [6.45, 7) is 0. The quantitative estimate of drug-likeness (QED) is 0.900. The van der Waals surface area contributed by atoms with Gasteiger partial charge in [-0.3, -0.25) is 4.68 Å². The van der Waals surface area contributed by atoms with Crippen LogP contribution in [0.15, 0.2) is 24.4 Å². The molecule has 2 rings (SSSR count). The highest BCUT2D eigenvalue weighted by molar-refractivity contribution is 6.42. The molecule has 0 aliphatic carbocycles. The molecule has 2 aromatic rings. The molecular formula is C10H9Cl2N3O. The molecule has 0 aliphatic heterocycles. The maximum absolute atomic E-state index is 5.97. The summed E-state index contributed by atoms with van der Waals surface area (Å²) in [6.07, 6.45) is 1.65. The highest BCUT2D eigenvalue weighted by Gasteiger charge is 2.11. The molecule has 0 fully saturated rings. The second-order valence-corrected chi connectivity index (χ2v) is 4.00. The Morgan fingerprint density at radius 2 is 2.12 bits per heavy atom. The van der Waals surface area contributed by atoms with Crippen LogP contribution in [0.4, 0.5) is 5.69 Å². The van der Waals surface area contributed by atoms with Crippen molar-refractivity contribution in [3.8, 4) is 11.6 Å². The third-order valence-corrected chi connectivity index (χ3v) is 2.75. The highest BCUT2D eigenvalue weighted by atomic mass is 35.5. The Kier molecular flexibility index (Phi) is 2.94. The third-order valence-electron chi connectivity index (χ3n) is 1.94. The van der Waals surface area contributed by atoms with Crippen molar-refractivity contribution in [2.24, 2.45) is 7.05 Å². The molecule has 16 heavy (non-hydrogen) atoms. The number of benzene rings is 1. The Labute approximate surface area is 103 Å². The maximum atomic E-state index is 5.97. The average molecular weight is 258 g/mol. The van der Waals surface area contributed by atoms with E-state index < -0.39 is 0 Å². The van der Waals surface area contributed by atoms with E-state index in [9.17, 15) is 0 Å². The number of anilines is 1. The van der Waals surface area contributed by atoms with Crippen LogP contribution in [-0.4, -0.2) is 9.78 Å². The van der Waals surface area contributed by atoms with Gasteiger partial charge >= 0.3 is 0 Å². The van der Waals surface area contributed by atoms with Gasteiger partial charge in [0.15, 0.2) is 0 Å². The monoisotopic (exact) mass is 257 g/mol. The summed E-state index contributed by atoms with van der Waals surface area (Å²) < 4.78 is 7.03. The molecule has 0 saturated carbocycles. The van der Waals surface area contributed by atoms with Gasteiger partial charge in [0.05, 0.1) is 11.2 Å². The predicted molar refractivity (Wildman–Crippen MR) is 64.2 cm³/mol. The van der Waals surface area contributed by atoms with Crippen molar-refractivity contribution in [2.75, 3.05) is 5.73 Å². The molecular weight excluding hydrogens is 249 g/mol. The maximum Gasteiger partial charge on any atom is 0.261 e. The summed E-state index contributed by atoms with van der Waals surface area (Å²) in [5, 5.41) is 4.81. The first kappa shape index (κ1) is 11.1. The molecule has 4 nitrogen and oxygen atoms in total. The van der Waals surface area contributed by atoms with E-state index in [0.29, 0.717) is 27.4 Å². The minimum absolute atomic E-state index is 0.312. The number of nitrogens with zero attached hydrogens (tertiary/aromatic N) is 2. The summed E-state index contributed by atoms with van der Waals surface area (Å²) in [5.41, 5.74) is 6.14. The Balaban J connectivity index is 2.34. The van der Waals surface area contributed by atoms with Gasteiger partial charge in [-0.1, -0.05) is 29.3 Å². The van der Waals surface area contributed by atoms with Crippen molar-refractivity contribution >= 4 is 28.9 Å². The summed E-state index contributed by atoms with van der Waals surface area (Å²) in [7, 11) is 1.75. The lowest BCUT2D eigenvalue weighted by molar-refractivity contribution is 0.456. The van der Waals surface area contributed by atoms with Crippen molar-refractivity contribution < 1.29 is 4.74 Å². The lowest BCUT2D eigenvalue weighted by atomic mass is 10.3. The molecule has 0 unspecified atom stereocenters. The van der Waals surface area contributed by atoms with E-state index in [1.807, 2.05) is 0 Å². The van der Waals surface area contributed by atoms with Gasteiger partial charge < -0.3 is 10.5 Å². The number of ether oxygens (including phenoxy) is 1. The molecule has 1 aromatic carbocycles. The fraction of sp³-hybridized carbons (Fsp3) is 0.100. The van der Waals surface area contributed by atoms with Gasteiger partial charge in [0.2, 0.25) is 0 Å². The molecule has 0 bridgehead atoms. The molecule has 0 aliphatic rings. The molecule has 1 aromatic heterocycles. The van der Waals surface area contributed by atoms with Crippen LogP contribution in [0.3, 0.4) is 0 Å². The number of rotatable bonds is 2. The second-order valence-electron chi connectivity index (χ2n) is 3.22. The largest absolute Gasteiger partial charge is 0.434 e. The summed E-state index contributed by atoms with van der Waals surface area (Å²) in [6, 6.07) is 5.11. The number of hydrogen-bond acceptors (Lipinski definition) is 3. The van der Waals surface area contributed by atoms with Gasteiger partial charge in [-0.15, -0.1) is 5.10 Å². The average Bonchev–Trinajstić information content (AvgIpc) is 2.53. The van der Waals surface area contributed by atoms with Crippen molar-refractivity contribution in [3.63, 3.8) is 0 Å². The van der Waals surface area contributed by atoms with Crippen LogP contribution in [-0.2, 0) is 7.05 Å². The molecule has 0 saturated heterocycles. The molecule has 2 N–H and O–H groups in total. The standard InChI is InChI=1S/C10H9Cl2N3O/c1-15-5-7(13)10(14-15)16-8-4-2-3-6(11)9(8)12/h2-5H,13H2,1H3. The first-order chi connectivity index (χ1) is 7.58. The summed E-state index contributed by atoms with van der Waals surface area (Å²) in [5.74, 6) is 0.742. The smallest absolute Gasteiger partial charge is 0.261 e. The Morgan fingerprint density at radius 3 is 2.75 bits per heavy atom. The first-order valence-corrected chi connectivity index (χ1v) is 5.24. The third kappa shape index (κ3) is 2.08. The van der Waals surface area contributed by atoms with E-state index in [1.165, 1.54) is 0 Å². The van der Waals surface area contributed by atoms with E-state index in [-0.39, 0.29) is 0 Å². The van der Waals surface area contributed by atoms with Crippen molar-refractivity contribution in [2.45, 2.75) is 0 Å². The van der Waals surface area contributed by atoms with Crippen molar-refractivity contribution in [1.29, 1.82) is 0 Å². The number of nitrogen functional groups attached to an aromatic ring is 1. The zero-order valence-electron chi connectivity index (χ0n) is 8.45. The van der Waals surface area contributed by atoms with Crippen molar-refractivity contribution in [1.82, 2.24) is 9.78 Å². The molecule has 0 spiro atoms. The van der Waals surface area contributed by atoms with Gasteiger partial charge in [-0.2, -0.15) is 0 Å². The Morgan fingerprint density at radius 1 is 1.38 bits per heavy atom. The molecule has 0 atom stereocenters. The van der Waals surface area contributed by atoms with Crippen LogP contribution in [0.5, 0.6) is 11.6 Å².